The average molecular weight is 149 g/mol. The highest BCUT2D eigenvalue weighted by Gasteiger charge is 2.07. The molecule has 0 radical (unpaired) electrons. The van der Waals surface area contributed by atoms with Crippen molar-refractivity contribution in [2.75, 3.05) is 6.61 Å². The zero-order chi connectivity index (χ0) is 8.10. The predicted octanol–water partition coefficient (Wildman–Crippen LogP) is 0.294. The third kappa shape index (κ3) is 1.68. The van der Waals surface area contributed by atoms with Gasteiger partial charge in [0.25, 0.3) is 0 Å². The molecular weight excluding hydrogens is 140 g/mol. The van der Waals surface area contributed by atoms with Gasteiger partial charge in [-0.2, -0.15) is 5.26 Å². The molecule has 1 aromatic heterocycles. The van der Waals surface area contributed by atoms with Crippen molar-refractivity contribution in [1.29, 1.82) is 5.26 Å². The molecule has 0 fully saturated rings. The molecule has 0 atom stereocenters. The third-order valence-electron chi connectivity index (χ3n) is 1.21. The van der Waals surface area contributed by atoms with E-state index in [0.29, 0.717) is 12.3 Å². The molecule has 0 amide bonds. The molecule has 0 aliphatic rings. The number of hydrogen-bond acceptors (Lipinski definition) is 2. The first-order chi connectivity index (χ1) is 5.38. The molecule has 1 rings (SSSR count). The second-order valence-electron chi connectivity index (χ2n) is 1.94. The van der Waals surface area contributed by atoms with Crippen molar-refractivity contribution in [3.63, 3.8) is 0 Å². The van der Waals surface area contributed by atoms with Crippen LogP contribution in [-0.2, 0) is 0 Å². The largest absolute Gasteiger partial charge is 0.333 e. The Kier molecular flexibility index (Phi) is 2.45. The molecule has 0 saturated carbocycles. The number of nitriles is 1. The van der Waals surface area contributed by atoms with Crippen molar-refractivity contribution in [2.45, 2.75) is 6.92 Å². The molecule has 0 aliphatic heterocycles. The van der Waals surface area contributed by atoms with Crippen LogP contribution in [0.25, 0.3) is 0 Å². The van der Waals surface area contributed by atoms with Gasteiger partial charge in [0, 0.05) is 16.9 Å². The molecule has 0 aromatic carbocycles. The number of aromatic nitrogens is 1. The topological polar surface area (TPSA) is 36.9 Å². The van der Waals surface area contributed by atoms with E-state index in [4.69, 9.17) is 10.1 Å². The normalized spacial score (nSPS) is 8.73. The molecular formula is C8H9N2O+. The van der Waals surface area contributed by atoms with E-state index in [9.17, 15) is 0 Å². The van der Waals surface area contributed by atoms with Crippen LogP contribution in [-0.4, -0.2) is 6.61 Å². The Balaban J connectivity index is 2.95. The lowest BCUT2D eigenvalue weighted by Crippen LogP contribution is -2.45. The molecule has 11 heavy (non-hydrogen) atoms. The predicted molar refractivity (Wildman–Crippen MR) is 38.5 cm³/mol. The van der Waals surface area contributed by atoms with E-state index in [0.717, 1.165) is 0 Å². The van der Waals surface area contributed by atoms with E-state index in [-0.39, 0.29) is 0 Å². The van der Waals surface area contributed by atoms with Crippen LogP contribution in [0.15, 0.2) is 24.4 Å². The van der Waals surface area contributed by atoms with Gasteiger partial charge in [0.05, 0.1) is 0 Å². The van der Waals surface area contributed by atoms with Gasteiger partial charge < -0.3 is 0 Å². The molecule has 0 bridgehead atoms. The minimum Gasteiger partial charge on any atom is -0.270 e. The summed E-state index contributed by atoms with van der Waals surface area (Å²) >= 11 is 0. The first kappa shape index (κ1) is 7.55. The quantitative estimate of drug-likeness (QED) is 0.567. The third-order valence-corrected chi connectivity index (χ3v) is 1.21. The minimum absolute atomic E-state index is 0.509. The van der Waals surface area contributed by atoms with Crippen LogP contribution in [0.3, 0.4) is 0 Å². The second kappa shape index (κ2) is 3.57. The number of rotatable bonds is 2. The number of hydrogen-bond donors (Lipinski definition) is 0. The van der Waals surface area contributed by atoms with Crippen LogP contribution < -0.4 is 9.57 Å². The van der Waals surface area contributed by atoms with Crippen molar-refractivity contribution in [1.82, 2.24) is 0 Å². The van der Waals surface area contributed by atoms with Crippen molar-refractivity contribution < 1.29 is 9.57 Å². The van der Waals surface area contributed by atoms with Crippen LogP contribution in [0.4, 0.5) is 0 Å². The molecule has 0 unspecified atom stereocenters. The van der Waals surface area contributed by atoms with Gasteiger partial charge >= 0.3 is 5.69 Å². The van der Waals surface area contributed by atoms with Crippen LogP contribution in [0.1, 0.15) is 12.6 Å². The fourth-order valence-electron chi connectivity index (χ4n) is 0.767. The summed E-state index contributed by atoms with van der Waals surface area (Å²) in [6.07, 6.45) is 1.71. The van der Waals surface area contributed by atoms with E-state index in [1.165, 1.54) is 4.73 Å². The Hall–Kier alpha value is -1.56. The summed E-state index contributed by atoms with van der Waals surface area (Å²) < 4.78 is 1.46. The van der Waals surface area contributed by atoms with Crippen LogP contribution in [0.5, 0.6) is 0 Å². The van der Waals surface area contributed by atoms with Crippen molar-refractivity contribution in [2.24, 2.45) is 0 Å². The SMILES string of the molecule is CCO[n+]1ccccc1C#N. The summed E-state index contributed by atoms with van der Waals surface area (Å²) in [5.41, 5.74) is 0.509. The average Bonchev–Trinajstić information content (AvgIpc) is 2.06. The summed E-state index contributed by atoms with van der Waals surface area (Å²) in [5, 5.41) is 8.59. The van der Waals surface area contributed by atoms with Gasteiger partial charge in [-0.25, -0.2) is 0 Å². The molecule has 3 nitrogen and oxygen atoms in total. The molecule has 0 aliphatic carbocycles. The molecule has 1 heterocycles. The molecule has 1 aromatic rings. The van der Waals surface area contributed by atoms with Gasteiger partial charge in [-0.15, -0.1) is 0 Å². The highest BCUT2D eigenvalue weighted by Crippen LogP contribution is 1.85. The lowest BCUT2D eigenvalue weighted by atomic mass is 10.4. The fraction of sp³-hybridized carbons (Fsp3) is 0.250. The summed E-state index contributed by atoms with van der Waals surface area (Å²) in [6.45, 7) is 2.44. The van der Waals surface area contributed by atoms with Gasteiger partial charge in [-0.3, -0.25) is 4.84 Å². The number of nitrogens with zero attached hydrogens (tertiary/aromatic N) is 2. The van der Waals surface area contributed by atoms with E-state index < -0.39 is 0 Å². The second-order valence-corrected chi connectivity index (χ2v) is 1.94. The Bertz CT molecular complexity index is 278. The summed E-state index contributed by atoms with van der Waals surface area (Å²) in [5.74, 6) is 0. The Morgan fingerprint density at radius 3 is 3.09 bits per heavy atom. The highest BCUT2D eigenvalue weighted by atomic mass is 16.7. The zero-order valence-corrected chi connectivity index (χ0v) is 6.32. The number of pyridine rings is 1. The van der Waals surface area contributed by atoms with Gasteiger partial charge in [-0.1, -0.05) is 0 Å². The van der Waals surface area contributed by atoms with E-state index in [1.807, 2.05) is 19.1 Å². The van der Waals surface area contributed by atoms with Crippen molar-refractivity contribution in [3.8, 4) is 6.07 Å². The van der Waals surface area contributed by atoms with Gasteiger partial charge in [0.2, 0.25) is 6.20 Å². The molecule has 3 heteroatoms. The first-order valence-corrected chi connectivity index (χ1v) is 3.42. The van der Waals surface area contributed by atoms with Crippen LogP contribution in [0.2, 0.25) is 0 Å². The lowest BCUT2D eigenvalue weighted by Gasteiger charge is -1.93. The lowest BCUT2D eigenvalue weighted by molar-refractivity contribution is -0.892. The summed E-state index contributed by atoms with van der Waals surface area (Å²) in [4.78, 5) is 5.12. The van der Waals surface area contributed by atoms with Gasteiger partial charge in [0.15, 0.2) is 12.7 Å². The van der Waals surface area contributed by atoms with Crippen LogP contribution in [0, 0.1) is 11.3 Å². The molecule has 56 valence electrons. The Morgan fingerprint density at radius 1 is 1.64 bits per heavy atom. The fourth-order valence-corrected chi connectivity index (χ4v) is 0.767. The van der Waals surface area contributed by atoms with Crippen molar-refractivity contribution in [3.05, 3.63) is 30.1 Å². The Labute approximate surface area is 65.4 Å². The minimum atomic E-state index is 0.509. The summed E-state index contributed by atoms with van der Waals surface area (Å²) in [7, 11) is 0. The molecule has 0 saturated heterocycles. The summed E-state index contributed by atoms with van der Waals surface area (Å²) in [6, 6.07) is 7.34. The first-order valence-electron chi connectivity index (χ1n) is 3.42. The van der Waals surface area contributed by atoms with Crippen LogP contribution >= 0.6 is 0 Å². The van der Waals surface area contributed by atoms with Gasteiger partial charge in [-0.05, 0) is 13.0 Å². The zero-order valence-electron chi connectivity index (χ0n) is 6.32. The highest BCUT2D eigenvalue weighted by molar-refractivity contribution is 5.12. The monoisotopic (exact) mass is 149 g/mol. The standard InChI is InChI=1S/C8H9N2O/c1-2-11-10-6-4-3-5-8(10)7-9/h3-6H,2H2,1H3/q+1. The maximum absolute atomic E-state index is 8.59. The van der Waals surface area contributed by atoms with E-state index in [2.05, 4.69) is 0 Å². The van der Waals surface area contributed by atoms with Crippen molar-refractivity contribution >= 4 is 0 Å². The molecule has 0 N–H and O–H groups in total. The maximum Gasteiger partial charge on any atom is 0.333 e. The smallest absolute Gasteiger partial charge is 0.270 e. The molecule has 0 spiro atoms. The van der Waals surface area contributed by atoms with E-state index in [1.54, 1.807) is 18.3 Å². The Morgan fingerprint density at radius 2 is 2.45 bits per heavy atom. The van der Waals surface area contributed by atoms with Gasteiger partial charge in [0.1, 0.15) is 0 Å². The maximum atomic E-state index is 8.59. The van der Waals surface area contributed by atoms with E-state index >= 15 is 0 Å².